The number of nitrogens with one attached hydrogen (secondary N) is 1. The van der Waals surface area contributed by atoms with Gasteiger partial charge in [0.25, 0.3) is 5.91 Å². The summed E-state index contributed by atoms with van der Waals surface area (Å²) < 4.78 is 0. The summed E-state index contributed by atoms with van der Waals surface area (Å²) in [6, 6.07) is 2.39. The minimum absolute atomic E-state index is 0.00695. The standard InChI is InChI=1S/C13H17NO5/c1-7(2)3-11(13(18)19)14-12(17)8-4-9(15)6-10(16)5-8/h4-7,11,15-16H,3H2,1-2H3,(H,14,17)(H,18,19)/t11-/m1/s1. The molecule has 0 unspecified atom stereocenters. The van der Waals surface area contributed by atoms with Gasteiger partial charge in [-0.05, 0) is 24.5 Å². The highest BCUT2D eigenvalue weighted by molar-refractivity contribution is 5.97. The third-order valence-electron chi connectivity index (χ3n) is 2.48. The van der Waals surface area contributed by atoms with Crippen molar-refractivity contribution in [2.24, 2.45) is 5.92 Å². The number of hydrogen-bond donors (Lipinski definition) is 4. The van der Waals surface area contributed by atoms with E-state index in [9.17, 15) is 19.8 Å². The third-order valence-corrected chi connectivity index (χ3v) is 2.48. The summed E-state index contributed by atoms with van der Waals surface area (Å²) in [5, 5.41) is 29.9. The number of aliphatic carboxylic acids is 1. The Labute approximate surface area is 110 Å². The molecule has 104 valence electrons. The number of carboxylic acids is 1. The van der Waals surface area contributed by atoms with Crippen molar-refractivity contribution in [3.63, 3.8) is 0 Å². The summed E-state index contributed by atoms with van der Waals surface area (Å²) in [6.45, 7) is 3.70. The Morgan fingerprint density at radius 1 is 1.16 bits per heavy atom. The first-order valence-electron chi connectivity index (χ1n) is 5.86. The lowest BCUT2D eigenvalue weighted by atomic mass is 10.0. The van der Waals surface area contributed by atoms with Crippen LogP contribution in [0.5, 0.6) is 11.5 Å². The molecule has 0 bridgehead atoms. The van der Waals surface area contributed by atoms with Gasteiger partial charge in [-0.25, -0.2) is 4.79 Å². The molecule has 0 fully saturated rings. The second-order valence-corrected chi connectivity index (χ2v) is 4.73. The van der Waals surface area contributed by atoms with E-state index in [0.29, 0.717) is 6.42 Å². The molecule has 0 aliphatic rings. The Morgan fingerprint density at radius 3 is 2.11 bits per heavy atom. The van der Waals surface area contributed by atoms with Crippen LogP contribution in [0, 0.1) is 5.92 Å². The Balaban J connectivity index is 2.84. The average molecular weight is 267 g/mol. The van der Waals surface area contributed by atoms with Gasteiger partial charge in [0.05, 0.1) is 0 Å². The smallest absolute Gasteiger partial charge is 0.326 e. The number of rotatable bonds is 5. The summed E-state index contributed by atoms with van der Waals surface area (Å²) >= 11 is 0. The highest BCUT2D eigenvalue weighted by atomic mass is 16.4. The maximum absolute atomic E-state index is 11.8. The van der Waals surface area contributed by atoms with Crippen LogP contribution in [0.3, 0.4) is 0 Å². The molecule has 6 nitrogen and oxygen atoms in total. The highest BCUT2D eigenvalue weighted by Gasteiger charge is 2.22. The molecule has 1 amide bonds. The van der Waals surface area contributed by atoms with Gasteiger partial charge in [0.2, 0.25) is 0 Å². The van der Waals surface area contributed by atoms with Gasteiger partial charge < -0.3 is 20.6 Å². The van der Waals surface area contributed by atoms with Gasteiger partial charge >= 0.3 is 5.97 Å². The summed E-state index contributed by atoms with van der Waals surface area (Å²) in [4.78, 5) is 22.9. The number of phenolic OH excluding ortho intramolecular Hbond substituents is 2. The average Bonchev–Trinajstić information content (AvgIpc) is 2.25. The van der Waals surface area contributed by atoms with E-state index < -0.39 is 17.9 Å². The Hall–Kier alpha value is -2.24. The normalized spacial score (nSPS) is 12.2. The summed E-state index contributed by atoms with van der Waals surface area (Å²) in [5.41, 5.74) is 0.00695. The van der Waals surface area contributed by atoms with E-state index in [2.05, 4.69) is 5.32 Å². The van der Waals surface area contributed by atoms with Crippen LogP contribution in [0.25, 0.3) is 0 Å². The zero-order chi connectivity index (χ0) is 14.6. The molecule has 1 aromatic carbocycles. The van der Waals surface area contributed by atoms with Crippen LogP contribution in [-0.4, -0.2) is 33.2 Å². The predicted octanol–water partition coefficient (Wildman–Crippen LogP) is 1.33. The van der Waals surface area contributed by atoms with Gasteiger partial charge in [0.15, 0.2) is 0 Å². The van der Waals surface area contributed by atoms with Crippen molar-refractivity contribution in [3.8, 4) is 11.5 Å². The van der Waals surface area contributed by atoms with Gasteiger partial charge in [-0.2, -0.15) is 0 Å². The number of phenols is 2. The fourth-order valence-corrected chi connectivity index (χ4v) is 1.66. The van der Waals surface area contributed by atoms with Crippen LogP contribution < -0.4 is 5.32 Å². The number of benzene rings is 1. The van der Waals surface area contributed by atoms with E-state index in [-0.39, 0.29) is 23.0 Å². The van der Waals surface area contributed by atoms with Crippen LogP contribution in [0.4, 0.5) is 0 Å². The lowest BCUT2D eigenvalue weighted by Crippen LogP contribution is -2.41. The molecule has 6 heteroatoms. The number of carbonyl (C=O) groups excluding carboxylic acids is 1. The van der Waals surface area contributed by atoms with Crippen molar-refractivity contribution in [3.05, 3.63) is 23.8 Å². The first kappa shape index (κ1) is 14.8. The Morgan fingerprint density at radius 2 is 1.68 bits per heavy atom. The molecule has 0 aliphatic heterocycles. The van der Waals surface area contributed by atoms with Crippen LogP contribution in [0.1, 0.15) is 30.6 Å². The molecule has 4 N–H and O–H groups in total. The highest BCUT2D eigenvalue weighted by Crippen LogP contribution is 2.20. The fourth-order valence-electron chi connectivity index (χ4n) is 1.66. The second-order valence-electron chi connectivity index (χ2n) is 4.73. The predicted molar refractivity (Wildman–Crippen MR) is 68.1 cm³/mol. The maximum atomic E-state index is 11.8. The van der Waals surface area contributed by atoms with Crippen LogP contribution in [-0.2, 0) is 4.79 Å². The van der Waals surface area contributed by atoms with Crippen molar-refractivity contribution < 1.29 is 24.9 Å². The zero-order valence-corrected chi connectivity index (χ0v) is 10.8. The van der Waals surface area contributed by atoms with Crippen LogP contribution >= 0.6 is 0 Å². The fraction of sp³-hybridized carbons (Fsp3) is 0.385. The summed E-state index contributed by atoms with van der Waals surface area (Å²) in [7, 11) is 0. The molecule has 0 saturated heterocycles. The molecular formula is C13H17NO5. The van der Waals surface area contributed by atoms with Crippen molar-refractivity contribution in [2.45, 2.75) is 26.3 Å². The number of carbonyl (C=O) groups is 2. The number of amides is 1. The van der Waals surface area contributed by atoms with E-state index >= 15 is 0 Å². The van der Waals surface area contributed by atoms with Crippen molar-refractivity contribution in [2.75, 3.05) is 0 Å². The molecule has 1 rings (SSSR count). The summed E-state index contributed by atoms with van der Waals surface area (Å²) in [6.07, 6.45) is 0.297. The first-order valence-corrected chi connectivity index (χ1v) is 5.86. The molecule has 0 saturated carbocycles. The molecule has 1 aromatic rings. The quantitative estimate of drug-likeness (QED) is 0.643. The van der Waals surface area contributed by atoms with Gasteiger partial charge in [-0.1, -0.05) is 13.8 Å². The first-order chi connectivity index (χ1) is 8.79. The topological polar surface area (TPSA) is 107 Å². The largest absolute Gasteiger partial charge is 0.508 e. The second kappa shape index (κ2) is 6.08. The summed E-state index contributed by atoms with van der Waals surface area (Å²) in [5.74, 6) is -2.19. The van der Waals surface area contributed by atoms with Crippen molar-refractivity contribution in [1.82, 2.24) is 5.32 Å². The number of carboxylic acid groups (broad SMARTS) is 1. The van der Waals surface area contributed by atoms with Crippen LogP contribution in [0.2, 0.25) is 0 Å². The van der Waals surface area contributed by atoms with E-state index in [1.165, 1.54) is 0 Å². The maximum Gasteiger partial charge on any atom is 0.326 e. The molecule has 19 heavy (non-hydrogen) atoms. The van der Waals surface area contributed by atoms with Gasteiger partial charge in [-0.15, -0.1) is 0 Å². The van der Waals surface area contributed by atoms with Crippen molar-refractivity contribution >= 4 is 11.9 Å². The van der Waals surface area contributed by atoms with E-state index in [1.807, 2.05) is 13.8 Å². The SMILES string of the molecule is CC(C)C[C@@H](NC(=O)c1cc(O)cc(O)c1)C(=O)O. The third kappa shape index (κ3) is 4.50. The monoisotopic (exact) mass is 267 g/mol. The number of hydrogen-bond acceptors (Lipinski definition) is 4. The van der Waals surface area contributed by atoms with Gasteiger partial charge in [-0.3, -0.25) is 4.79 Å². The van der Waals surface area contributed by atoms with E-state index in [4.69, 9.17) is 5.11 Å². The van der Waals surface area contributed by atoms with Gasteiger partial charge in [0, 0.05) is 11.6 Å². The lowest BCUT2D eigenvalue weighted by molar-refractivity contribution is -0.139. The van der Waals surface area contributed by atoms with E-state index in [0.717, 1.165) is 18.2 Å². The van der Waals surface area contributed by atoms with Crippen LogP contribution in [0.15, 0.2) is 18.2 Å². The minimum atomic E-state index is -1.12. The molecule has 0 aliphatic carbocycles. The molecular weight excluding hydrogens is 250 g/mol. The van der Waals surface area contributed by atoms with E-state index in [1.54, 1.807) is 0 Å². The minimum Gasteiger partial charge on any atom is -0.508 e. The molecule has 0 aromatic heterocycles. The Bertz CT molecular complexity index is 464. The Kier molecular flexibility index (Phi) is 4.74. The molecule has 0 heterocycles. The number of aromatic hydroxyl groups is 2. The van der Waals surface area contributed by atoms with Gasteiger partial charge in [0.1, 0.15) is 17.5 Å². The lowest BCUT2D eigenvalue weighted by Gasteiger charge is -2.16. The molecule has 1 atom stereocenters. The van der Waals surface area contributed by atoms with Crippen molar-refractivity contribution in [1.29, 1.82) is 0 Å². The zero-order valence-electron chi connectivity index (χ0n) is 10.8. The molecule has 0 spiro atoms. The molecule has 0 radical (unpaired) electrons.